The topological polar surface area (TPSA) is 88.6 Å². The Bertz CT molecular complexity index is 1300. The molecule has 188 valence electrons. The van der Waals surface area contributed by atoms with Gasteiger partial charge in [0.1, 0.15) is 11.6 Å². The Morgan fingerprint density at radius 2 is 1.86 bits per heavy atom. The molecule has 1 N–H and O–H groups in total. The molecule has 5 rings (SSSR count). The van der Waals surface area contributed by atoms with Gasteiger partial charge in [-0.1, -0.05) is 36.4 Å². The van der Waals surface area contributed by atoms with Crippen molar-refractivity contribution in [3.8, 4) is 5.75 Å². The molecule has 2 fully saturated rings. The van der Waals surface area contributed by atoms with Crippen molar-refractivity contribution in [3.63, 3.8) is 0 Å². The van der Waals surface area contributed by atoms with E-state index < -0.39 is 21.7 Å². The van der Waals surface area contributed by atoms with Gasteiger partial charge in [0.2, 0.25) is 10.0 Å². The van der Waals surface area contributed by atoms with Crippen LogP contribution in [0.4, 0.5) is 4.39 Å². The van der Waals surface area contributed by atoms with Crippen LogP contribution in [0.25, 0.3) is 0 Å². The minimum Gasteiger partial charge on any atom is -0.493 e. The summed E-state index contributed by atoms with van der Waals surface area (Å²) in [4.78, 5) is 19.2. The molecule has 2 aromatic carbocycles. The summed E-state index contributed by atoms with van der Waals surface area (Å²) in [6.45, 7) is 2.05. The van der Waals surface area contributed by atoms with Gasteiger partial charge in [0.15, 0.2) is 0 Å². The molecule has 1 atom stereocenters. The molecule has 1 amide bonds. The molecule has 1 aromatic heterocycles. The molecule has 7 nitrogen and oxygen atoms in total. The van der Waals surface area contributed by atoms with Crippen LogP contribution in [0.5, 0.6) is 5.75 Å². The van der Waals surface area contributed by atoms with E-state index in [1.165, 1.54) is 17.7 Å². The number of nitrogens with one attached hydrogen (secondary N) is 1. The van der Waals surface area contributed by atoms with Crippen LogP contribution in [0.3, 0.4) is 0 Å². The SMILES string of the molecule is CS(=O)(=O)NC(=O)c1cc(C2CC2)c(OCC2CN(C(c3ccccc3)c3ccccn3)C2)cc1F. The number of halogens is 1. The molecule has 3 aromatic rings. The molecule has 1 unspecified atom stereocenters. The fourth-order valence-corrected chi connectivity index (χ4v) is 5.13. The first-order valence-electron chi connectivity index (χ1n) is 12.0. The fraction of sp³-hybridized carbons (Fsp3) is 0.333. The maximum absolute atomic E-state index is 14.8. The van der Waals surface area contributed by atoms with Gasteiger partial charge in [-0.25, -0.2) is 17.5 Å². The third kappa shape index (κ3) is 5.57. The summed E-state index contributed by atoms with van der Waals surface area (Å²) in [5, 5.41) is 0. The number of carbonyl (C=O) groups excluding carboxylic acids is 1. The minimum atomic E-state index is -3.79. The van der Waals surface area contributed by atoms with E-state index in [0.717, 1.165) is 43.4 Å². The Morgan fingerprint density at radius 3 is 2.50 bits per heavy atom. The second-order valence-corrected chi connectivity index (χ2v) is 11.3. The van der Waals surface area contributed by atoms with E-state index in [4.69, 9.17) is 4.74 Å². The van der Waals surface area contributed by atoms with E-state index in [1.54, 1.807) is 6.20 Å². The first-order valence-corrected chi connectivity index (χ1v) is 13.9. The Morgan fingerprint density at radius 1 is 1.14 bits per heavy atom. The summed E-state index contributed by atoms with van der Waals surface area (Å²) in [5.74, 6) is -0.892. The molecule has 36 heavy (non-hydrogen) atoms. The molecule has 1 aliphatic carbocycles. The zero-order chi connectivity index (χ0) is 25.3. The van der Waals surface area contributed by atoms with E-state index >= 15 is 0 Å². The molecular weight excluding hydrogens is 481 g/mol. The van der Waals surface area contributed by atoms with Crippen molar-refractivity contribution < 1.29 is 22.3 Å². The zero-order valence-electron chi connectivity index (χ0n) is 19.9. The standard InChI is InChI=1S/C27H28FN3O4S/c1-36(33,34)30-27(32)22-13-21(19-10-11-19)25(14-23(22)28)35-17-18-15-31(16-18)26(20-7-3-2-4-8-20)24-9-5-6-12-29-24/h2-9,12-14,18-19,26H,10-11,15-17H2,1H3,(H,30,32). The number of pyridine rings is 1. The van der Waals surface area contributed by atoms with Gasteiger partial charge in [-0.05, 0) is 48.1 Å². The van der Waals surface area contributed by atoms with Gasteiger partial charge in [0.25, 0.3) is 5.91 Å². The minimum absolute atomic E-state index is 0.0516. The van der Waals surface area contributed by atoms with Crippen molar-refractivity contribution in [1.29, 1.82) is 0 Å². The summed E-state index contributed by atoms with van der Waals surface area (Å²) in [5.41, 5.74) is 2.63. The van der Waals surface area contributed by atoms with Crippen LogP contribution >= 0.6 is 0 Å². The first-order chi connectivity index (χ1) is 17.3. The van der Waals surface area contributed by atoms with Crippen LogP contribution in [0.15, 0.2) is 66.9 Å². The van der Waals surface area contributed by atoms with Crippen LogP contribution in [0, 0.1) is 11.7 Å². The van der Waals surface area contributed by atoms with Crippen molar-refractivity contribution >= 4 is 15.9 Å². The number of nitrogens with zero attached hydrogens (tertiary/aromatic N) is 2. The van der Waals surface area contributed by atoms with E-state index in [9.17, 15) is 17.6 Å². The molecule has 0 radical (unpaired) electrons. The smallest absolute Gasteiger partial charge is 0.267 e. The van der Waals surface area contributed by atoms with Crippen LogP contribution in [-0.4, -0.2) is 50.2 Å². The number of hydrogen-bond donors (Lipinski definition) is 1. The molecule has 2 heterocycles. The first kappa shape index (κ1) is 24.4. The number of amides is 1. The highest BCUT2D eigenvalue weighted by Gasteiger charge is 2.36. The van der Waals surface area contributed by atoms with Gasteiger partial charge in [0, 0.05) is 31.3 Å². The van der Waals surface area contributed by atoms with Gasteiger partial charge in [-0.2, -0.15) is 0 Å². The van der Waals surface area contributed by atoms with Crippen molar-refractivity contribution in [2.45, 2.75) is 24.8 Å². The van der Waals surface area contributed by atoms with E-state index in [0.29, 0.717) is 12.4 Å². The maximum Gasteiger partial charge on any atom is 0.267 e. The van der Waals surface area contributed by atoms with Crippen LogP contribution < -0.4 is 9.46 Å². The van der Waals surface area contributed by atoms with Gasteiger partial charge in [-0.3, -0.25) is 14.7 Å². The van der Waals surface area contributed by atoms with Crippen molar-refractivity contribution in [2.75, 3.05) is 26.0 Å². The number of likely N-dealkylation sites (tertiary alicyclic amines) is 1. The number of ether oxygens (including phenoxy) is 1. The van der Waals surface area contributed by atoms with Crippen LogP contribution in [0.2, 0.25) is 0 Å². The largest absolute Gasteiger partial charge is 0.493 e. The molecule has 1 saturated heterocycles. The summed E-state index contributed by atoms with van der Waals surface area (Å²) in [6.07, 6.45) is 4.52. The van der Waals surface area contributed by atoms with Crippen molar-refractivity contribution in [2.24, 2.45) is 5.92 Å². The number of sulfonamides is 1. The number of carbonyl (C=O) groups is 1. The Kier molecular flexibility index (Phi) is 6.77. The highest BCUT2D eigenvalue weighted by atomic mass is 32.2. The monoisotopic (exact) mass is 509 g/mol. The predicted octanol–water partition coefficient (Wildman–Crippen LogP) is 3.89. The lowest BCUT2D eigenvalue weighted by Crippen LogP contribution is -2.51. The molecule has 2 aliphatic rings. The Labute approximate surface area is 210 Å². The van der Waals surface area contributed by atoms with Gasteiger partial charge in [0.05, 0.1) is 30.2 Å². The predicted molar refractivity (Wildman–Crippen MR) is 134 cm³/mol. The van der Waals surface area contributed by atoms with E-state index in [2.05, 4.69) is 22.0 Å². The summed E-state index contributed by atoms with van der Waals surface area (Å²) in [6, 6.07) is 18.9. The fourth-order valence-electron chi connectivity index (χ4n) is 4.68. The third-order valence-corrected chi connectivity index (χ3v) is 7.10. The molecule has 9 heteroatoms. The molecule has 0 bridgehead atoms. The molecule has 0 spiro atoms. The summed E-state index contributed by atoms with van der Waals surface area (Å²) < 4.78 is 45.5. The second kappa shape index (κ2) is 9.99. The second-order valence-electron chi connectivity index (χ2n) is 9.55. The van der Waals surface area contributed by atoms with Gasteiger partial charge < -0.3 is 4.74 Å². The van der Waals surface area contributed by atoms with Crippen molar-refractivity contribution in [1.82, 2.24) is 14.6 Å². The quantitative estimate of drug-likeness (QED) is 0.471. The Hall–Kier alpha value is -3.30. The number of aromatic nitrogens is 1. The molecular formula is C27H28FN3O4S. The van der Waals surface area contributed by atoms with Crippen LogP contribution in [-0.2, 0) is 10.0 Å². The van der Waals surface area contributed by atoms with Crippen molar-refractivity contribution in [3.05, 3.63) is 95.1 Å². The third-order valence-electron chi connectivity index (χ3n) is 6.55. The summed E-state index contributed by atoms with van der Waals surface area (Å²) in [7, 11) is -3.79. The van der Waals surface area contributed by atoms with E-state index in [1.807, 2.05) is 41.1 Å². The zero-order valence-corrected chi connectivity index (χ0v) is 20.7. The van der Waals surface area contributed by atoms with E-state index in [-0.39, 0.29) is 23.4 Å². The lowest BCUT2D eigenvalue weighted by molar-refractivity contribution is 0.0363. The Balaban J connectivity index is 1.27. The molecule has 1 aliphatic heterocycles. The van der Waals surface area contributed by atoms with Gasteiger partial charge in [-0.15, -0.1) is 0 Å². The number of benzene rings is 2. The average molecular weight is 510 g/mol. The highest BCUT2D eigenvalue weighted by Crippen LogP contribution is 2.45. The highest BCUT2D eigenvalue weighted by molar-refractivity contribution is 7.89. The lowest BCUT2D eigenvalue weighted by atomic mass is 9.93. The average Bonchev–Trinajstić information content (AvgIpc) is 3.66. The normalized spacial score (nSPS) is 17.3. The summed E-state index contributed by atoms with van der Waals surface area (Å²) >= 11 is 0. The maximum atomic E-state index is 14.8. The number of hydrogen-bond acceptors (Lipinski definition) is 6. The molecule has 1 saturated carbocycles. The van der Waals surface area contributed by atoms with Crippen LogP contribution in [0.1, 0.15) is 52.0 Å². The number of rotatable bonds is 9. The lowest BCUT2D eigenvalue weighted by Gasteiger charge is -2.44. The van der Waals surface area contributed by atoms with Gasteiger partial charge >= 0.3 is 0 Å².